The third-order valence-electron chi connectivity index (χ3n) is 2.40. The molecule has 0 aliphatic carbocycles. The van der Waals surface area contributed by atoms with Crippen LogP contribution in [0.4, 0.5) is 8.78 Å². The highest BCUT2D eigenvalue weighted by Gasteiger charge is 2.35. The van der Waals surface area contributed by atoms with Gasteiger partial charge < -0.3 is 10.1 Å². The van der Waals surface area contributed by atoms with Crippen LogP contribution in [0.5, 0.6) is 0 Å². The predicted molar refractivity (Wildman–Crippen MR) is 47.2 cm³/mol. The van der Waals surface area contributed by atoms with Gasteiger partial charge in [-0.15, -0.1) is 0 Å². The summed E-state index contributed by atoms with van der Waals surface area (Å²) in [7, 11) is 0. The van der Waals surface area contributed by atoms with Gasteiger partial charge in [0.1, 0.15) is 0 Å². The molecule has 82 valence electrons. The van der Waals surface area contributed by atoms with Crippen LogP contribution >= 0.6 is 0 Å². The van der Waals surface area contributed by atoms with Gasteiger partial charge in [-0.3, -0.25) is 4.79 Å². The first kappa shape index (κ1) is 11.4. The second-order valence-corrected chi connectivity index (χ2v) is 3.82. The summed E-state index contributed by atoms with van der Waals surface area (Å²) in [5.41, 5.74) is -0.632. The first-order valence-electron chi connectivity index (χ1n) is 4.69. The summed E-state index contributed by atoms with van der Waals surface area (Å²) in [5.74, 6) is -0.336. The van der Waals surface area contributed by atoms with E-state index in [2.05, 4.69) is 5.32 Å². The van der Waals surface area contributed by atoms with Crippen molar-refractivity contribution < 1.29 is 18.3 Å². The molecule has 1 atom stereocenters. The fourth-order valence-electron chi connectivity index (χ4n) is 1.50. The number of hydrogen-bond donors (Lipinski definition) is 1. The standard InChI is InChI=1S/C9H15F2NO2/c1-9(3-2-4-14-6-9)8(13)12-5-7(10)11/h7H,2-6H2,1H3,(H,12,13)/t9-/m1/s1. The smallest absolute Gasteiger partial charge is 0.255 e. The number of alkyl halides is 2. The molecule has 1 aliphatic heterocycles. The summed E-state index contributed by atoms with van der Waals surface area (Å²) >= 11 is 0. The molecule has 0 radical (unpaired) electrons. The van der Waals surface area contributed by atoms with E-state index in [1.165, 1.54) is 0 Å². The molecule has 0 aromatic heterocycles. The van der Waals surface area contributed by atoms with Gasteiger partial charge in [-0.1, -0.05) is 0 Å². The minimum absolute atomic E-state index is 0.321. The van der Waals surface area contributed by atoms with Crippen molar-refractivity contribution in [1.29, 1.82) is 0 Å². The van der Waals surface area contributed by atoms with Gasteiger partial charge in [-0.05, 0) is 19.8 Å². The van der Waals surface area contributed by atoms with Gasteiger partial charge in [-0.25, -0.2) is 8.78 Å². The van der Waals surface area contributed by atoms with E-state index in [1.807, 2.05) is 0 Å². The zero-order chi connectivity index (χ0) is 10.6. The van der Waals surface area contributed by atoms with Crippen LogP contribution in [0.25, 0.3) is 0 Å². The number of carbonyl (C=O) groups excluding carboxylic acids is 1. The molecule has 0 aromatic rings. The second kappa shape index (κ2) is 4.68. The van der Waals surface area contributed by atoms with Crippen molar-refractivity contribution in [2.45, 2.75) is 26.2 Å². The van der Waals surface area contributed by atoms with Crippen molar-refractivity contribution in [2.24, 2.45) is 5.41 Å². The number of nitrogens with one attached hydrogen (secondary N) is 1. The highest BCUT2D eigenvalue weighted by molar-refractivity contribution is 5.82. The summed E-state index contributed by atoms with van der Waals surface area (Å²) < 4.78 is 28.8. The average molecular weight is 207 g/mol. The van der Waals surface area contributed by atoms with Gasteiger partial charge in [-0.2, -0.15) is 0 Å². The molecule has 1 aliphatic rings. The Bertz CT molecular complexity index is 203. The molecular formula is C9H15F2NO2. The van der Waals surface area contributed by atoms with Crippen LogP contribution in [-0.2, 0) is 9.53 Å². The number of rotatable bonds is 3. The lowest BCUT2D eigenvalue weighted by molar-refractivity contribution is -0.138. The summed E-state index contributed by atoms with van der Waals surface area (Å²) in [6, 6.07) is 0. The number of halogens is 2. The normalized spacial score (nSPS) is 27.7. The summed E-state index contributed by atoms with van der Waals surface area (Å²) in [6.45, 7) is 2.14. The van der Waals surface area contributed by atoms with Gasteiger partial charge in [0, 0.05) is 6.61 Å². The predicted octanol–water partition coefficient (Wildman–Crippen LogP) is 1.18. The summed E-state index contributed by atoms with van der Waals surface area (Å²) in [5, 5.41) is 2.22. The van der Waals surface area contributed by atoms with E-state index in [4.69, 9.17) is 4.74 Å². The quantitative estimate of drug-likeness (QED) is 0.754. The maximum atomic E-state index is 11.8. The number of ether oxygens (including phenoxy) is 1. The molecule has 1 saturated heterocycles. The molecule has 1 fully saturated rings. The molecule has 3 nitrogen and oxygen atoms in total. The van der Waals surface area contributed by atoms with Gasteiger partial charge >= 0.3 is 0 Å². The Balaban J connectivity index is 2.41. The van der Waals surface area contributed by atoms with Crippen LogP contribution in [0.1, 0.15) is 19.8 Å². The van der Waals surface area contributed by atoms with Crippen LogP contribution < -0.4 is 5.32 Å². The Hall–Kier alpha value is -0.710. The number of hydrogen-bond acceptors (Lipinski definition) is 2. The fourth-order valence-corrected chi connectivity index (χ4v) is 1.50. The van der Waals surface area contributed by atoms with Crippen LogP contribution in [0.2, 0.25) is 0 Å². The molecule has 0 unspecified atom stereocenters. The Morgan fingerprint density at radius 2 is 2.36 bits per heavy atom. The molecule has 1 amide bonds. The second-order valence-electron chi connectivity index (χ2n) is 3.82. The van der Waals surface area contributed by atoms with Crippen LogP contribution in [0, 0.1) is 5.41 Å². The monoisotopic (exact) mass is 207 g/mol. The van der Waals surface area contributed by atoms with Crippen molar-refractivity contribution >= 4 is 5.91 Å². The fraction of sp³-hybridized carbons (Fsp3) is 0.889. The number of carbonyl (C=O) groups is 1. The molecule has 0 bridgehead atoms. The molecule has 1 N–H and O–H groups in total. The van der Waals surface area contributed by atoms with Gasteiger partial charge in [0.2, 0.25) is 5.91 Å². The Labute approximate surface area is 81.8 Å². The van der Waals surface area contributed by atoms with Gasteiger partial charge in [0.15, 0.2) is 0 Å². The van der Waals surface area contributed by atoms with E-state index in [9.17, 15) is 13.6 Å². The molecule has 14 heavy (non-hydrogen) atoms. The molecule has 0 aromatic carbocycles. The van der Waals surface area contributed by atoms with Gasteiger partial charge in [0.25, 0.3) is 6.43 Å². The van der Waals surface area contributed by atoms with E-state index >= 15 is 0 Å². The van der Waals surface area contributed by atoms with E-state index < -0.39 is 18.4 Å². The van der Waals surface area contributed by atoms with Crippen molar-refractivity contribution in [1.82, 2.24) is 5.32 Å². The Morgan fingerprint density at radius 1 is 1.64 bits per heavy atom. The summed E-state index contributed by atoms with van der Waals surface area (Å²) in [6.07, 6.45) is -0.993. The molecule has 0 spiro atoms. The third-order valence-corrected chi connectivity index (χ3v) is 2.40. The zero-order valence-corrected chi connectivity index (χ0v) is 8.19. The average Bonchev–Trinajstić information content (AvgIpc) is 2.15. The van der Waals surface area contributed by atoms with E-state index in [0.29, 0.717) is 19.6 Å². The topological polar surface area (TPSA) is 38.3 Å². The minimum Gasteiger partial charge on any atom is -0.380 e. The molecular weight excluding hydrogens is 192 g/mol. The molecule has 0 saturated carbocycles. The molecule has 5 heteroatoms. The summed E-state index contributed by atoms with van der Waals surface area (Å²) in [4.78, 5) is 11.5. The van der Waals surface area contributed by atoms with Crippen LogP contribution in [-0.4, -0.2) is 32.1 Å². The first-order valence-corrected chi connectivity index (χ1v) is 4.69. The molecule has 1 rings (SSSR count). The Morgan fingerprint density at radius 3 is 2.86 bits per heavy atom. The highest BCUT2D eigenvalue weighted by Crippen LogP contribution is 2.27. The largest absolute Gasteiger partial charge is 0.380 e. The van der Waals surface area contributed by atoms with Gasteiger partial charge in [0.05, 0.1) is 18.6 Å². The SMILES string of the molecule is C[C@@]1(C(=O)NCC(F)F)CCCOC1. The highest BCUT2D eigenvalue weighted by atomic mass is 19.3. The van der Waals surface area contributed by atoms with Crippen molar-refractivity contribution in [2.75, 3.05) is 19.8 Å². The van der Waals surface area contributed by atoms with E-state index in [-0.39, 0.29) is 5.91 Å². The van der Waals surface area contributed by atoms with Crippen LogP contribution in [0.15, 0.2) is 0 Å². The van der Waals surface area contributed by atoms with Crippen LogP contribution in [0.3, 0.4) is 0 Å². The zero-order valence-electron chi connectivity index (χ0n) is 8.19. The minimum atomic E-state index is -2.49. The van der Waals surface area contributed by atoms with Crippen molar-refractivity contribution in [3.8, 4) is 0 Å². The maximum absolute atomic E-state index is 11.8. The Kier molecular flexibility index (Phi) is 3.80. The lowest BCUT2D eigenvalue weighted by Crippen LogP contribution is -2.45. The molecule has 1 heterocycles. The first-order chi connectivity index (χ1) is 6.54. The number of amides is 1. The van der Waals surface area contributed by atoms with E-state index in [0.717, 1.165) is 6.42 Å². The van der Waals surface area contributed by atoms with E-state index in [1.54, 1.807) is 6.92 Å². The van der Waals surface area contributed by atoms with Crippen molar-refractivity contribution in [3.63, 3.8) is 0 Å². The van der Waals surface area contributed by atoms with Crippen molar-refractivity contribution in [3.05, 3.63) is 0 Å². The lowest BCUT2D eigenvalue weighted by Gasteiger charge is -2.31. The maximum Gasteiger partial charge on any atom is 0.255 e. The third kappa shape index (κ3) is 2.90. The lowest BCUT2D eigenvalue weighted by atomic mass is 9.84.